The van der Waals surface area contributed by atoms with E-state index >= 15 is 0 Å². The van der Waals surface area contributed by atoms with Gasteiger partial charge in [-0.05, 0) is 73.2 Å². The van der Waals surface area contributed by atoms with Gasteiger partial charge in [0.25, 0.3) is 11.8 Å². The average molecular weight is 887 g/mol. The summed E-state index contributed by atoms with van der Waals surface area (Å²) in [7, 11) is 0. The van der Waals surface area contributed by atoms with Gasteiger partial charge in [-0.2, -0.15) is 0 Å². The van der Waals surface area contributed by atoms with E-state index in [2.05, 4.69) is 54.0 Å². The molecule has 8 rings (SSSR count). The van der Waals surface area contributed by atoms with Crippen LogP contribution in [0.1, 0.15) is 48.5 Å². The third-order valence-corrected chi connectivity index (χ3v) is 12.6. The maximum atomic E-state index is 14.5. The SMILES string of the molecule is O=C(OCC(=O)N(c1ccccc1)C1(Cc2ncccn2)CCN(Cc2ccccc2)CC1)C(=O)OCC(=O)N(c1ccccc1)C1(Cc2ncccn2)CCN(Cc2ccccc2)CC1. The van der Waals surface area contributed by atoms with Crippen molar-refractivity contribution in [2.45, 2.75) is 62.7 Å². The number of hydrogen-bond acceptors (Lipinski definition) is 12. The molecule has 0 saturated carbocycles. The fourth-order valence-corrected chi connectivity index (χ4v) is 9.35. The Balaban J connectivity index is 0.965. The minimum atomic E-state index is -1.38. The second-order valence-electron chi connectivity index (χ2n) is 16.9. The fraction of sp³-hybridized carbons (Fsp3) is 0.308. The molecule has 2 fully saturated rings. The molecule has 14 nitrogen and oxygen atoms in total. The zero-order chi connectivity index (χ0) is 45.6. The molecule has 0 unspecified atom stereocenters. The van der Waals surface area contributed by atoms with Gasteiger partial charge in [-0.15, -0.1) is 0 Å². The summed E-state index contributed by atoms with van der Waals surface area (Å²) in [5, 5.41) is 0. The van der Waals surface area contributed by atoms with Crippen LogP contribution in [0.2, 0.25) is 0 Å². The van der Waals surface area contributed by atoms with Crippen molar-refractivity contribution in [3.05, 3.63) is 181 Å². The summed E-state index contributed by atoms with van der Waals surface area (Å²) in [5.74, 6) is -2.65. The number of ether oxygens (including phenoxy) is 2. The van der Waals surface area contributed by atoms with Crippen molar-refractivity contribution in [2.24, 2.45) is 0 Å². The lowest BCUT2D eigenvalue weighted by atomic mass is 9.81. The van der Waals surface area contributed by atoms with Crippen molar-refractivity contribution in [3.8, 4) is 0 Å². The maximum Gasteiger partial charge on any atom is 0.418 e. The van der Waals surface area contributed by atoms with Gasteiger partial charge in [0.2, 0.25) is 0 Å². The number of nitrogens with zero attached hydrogens (tertiary/aromatic N) is 8. The topological polar surface area (TPSA) is 151 Å². The number of esters is 2. The molecule has 2 aromatic heterocycles. The molecule has 0 aliphatic carbocycles. The van der Waals surface area contributed by atoms with Crippen LogP contribution in [-0.2, 0) is 54.6 Å². The molecule has 14 heteroatoms. The number of aromatic nitrogens is 4. The molecule has 0 radical (unpaired) electrons. The molecule has 0 spiro atoms. The van der Waals surface area contributed by atoms with Crippen molar-refractivity contribution in [2.75, 3.05) is 49.2 Å². The smallest absolute Gasteiger partial charge is 0.418 e. The van der Waals surface area contributed by atoms with E-state index < -0.39 is 48.0 Å². The predicted molar refractivity (Wildman–Crippen MR) is 249 cm³/mol. The van der Waals surface area contributed by atoms with Crippen LogP contribution in [0.25, 0.3) is 0 Å². The van der Waals surface area contributed by atoms with Crippen LogP contribution in [0.4, 0.5) is 11.4 Å². The molecule has 0 atom stereocenters. The lowest BCUT2D eigenvalue weighted by molar-refractivity contribution is -0.169. The normalized spacial score (nSPS) is 15.8. The number of para-hydroxylation sites is 2. The Hall–Kier alpha value is -7.16. The van der Waals surface area contributed by atoms with E-state index in [1.54, 1.807) is 46.7 Å². The molecule has 2 amide bonds. The molecule has 0 N–H and O–H groups in total. The molecular weight excluding hydrogens is 833 g/mol. The quantitative estimate of drug-likeness (QED) is 0.0796. The Morgan fingerprint density at radius 2 is 0.773 bits per heavy atom. The summed E-state index contributed by atoms with van der Waals surface area (Å²) < 4.78 is 10.8. The van der Waals surface area contributed by atoms with E-state index in [1.165, 1.54) is 11.1 Å². The highest BCUT2D eigenvalue weighted by Crippen LogP contribution is 2.38. The van der Waals surface area contributed by atoms with E-state index in [9.17, 15) is 19.2 Å². The van der Waals surface area contributed by atoms with E-state index in [0.717, 1.165) is 13.1 Å². The lowest BCUT2D eigenvalue weighted by Gasteiger charge is -2.48. The largest absolute Gasteiger partial charge is 0.447 e. The number of likely N-dealkylation sites (tertiary alicyclic amines) is 2. The number of amides is 2. The number of anilines is 2. The first-order valence-electron chi connectivity index (χ1n) is 22.4. The first kappa shape index (κ1) is 45.4. The third-order valence-electron chi connectivity index (χ3n) is 12.6. The van der Waals surface area contributed by atoms with E-state index in [0.29, 0.717) is 87.7 Å². The average Bonchev–Trinajstić information content (AvgIpc) is 3.36. The molecule has 0 bridgehead atoms. The molecule has 338 valence electrons. The number of carbonyl (C=O) groups is 4. The van der Waals surface area contributed by atoms with E-state index in [1.807, 2.05) is 97.1 Å². The second-order valence-corrected chi connectivity index (χ2v) is 16.9. The zero-order valence-corrected chi connectivity index (χ0v) is 36.9. The molecule has 4 aromatic carbocycles. The van der Waals surface area contributed by atoms with Gasteiger partial charge >= 0.3 is 11.9 Å². The van der Waals surface area contributed by atoms with Crippen LogP contribution >= 0.6 is 0 Å². The molecular formula is C52H54N8O6. The summed E-state index contributed by atoms with van der Waals surface area (Å²) >= 11 is 0. The molecule has 2 aliphatic rings. The van der Waals surface area contributed by atoms with Crippen molar-refractivity contribution < 1.29 is 28.7 Å². The number of piperidine rings is 2. The first-order chi connectivity index (χ1) is 32.3. The predicted octanol–water partition coefficient (Wildman–Crippen LogP) is 6.27. The van der Waals surface area contributed by atoms with Crippen molar-refractivity contribution in [1.82, 2.24) is 29.7 Å². The lowest BCUT2D eigenvalue weighted by Crippen LogP contribution is -2.60. The Morgan fingerprint density at radius 1 is 0.455 bits per heavy atom. The van der Waals surface area contributed by atoms with Gasteiger partial charge in [0.15, 0.2) is 13.2 Å². The Bertz CT molecular complexity index is 2310. The van der Waals surface area contributed by atoms with Gasteiger partial charge in [-0.25, -0.2) is 29.5 Å². The van der Waals surface area contributed by atoms with E-state index in [-0.39, 0.29) is 0 Å². The summed E-state index contributed by atoms with van der Waals surface area (Å²) in [5.41, 5.74) is 2.04. The van der Waals surface area contributed by atoms with Crippen LogP contribution in [-0.4, -0.2) is 104 Å². The molecule has 2 saturated heterocycles. The molecule has 2 aliphatic heterocycles. The summed E-state index contributed by atoms with van der Waals surface area (Å²) in [6.07, 6.45) is 9.75. The van der Waals surface area contributed by atoms with Crippen LogP contribution < -0.4 is 9.80 Å². The Morgan fingerprint density at radius 3 is 1.11 bits per heavy atom. The minimum Gasteiger partial charge on any atom is -0.447 e. The first-order valence-corrected chi connectivity index (χ1v) is 22.4. The van der Waals surface area contributed by atoms with Gasteiger partial charge in [0.05, 0.1) is 11.1 Å². The summed E-state index contributed by atoms with van der Waals surface area (Å²) in [4.78, 5) is 82.0. The van der Waals surface area contributed by atoms with Crippen molar-refractivity contribution in [3.63, 3.8) is 0 Å². The van der Waals surface area contributed by atoms with Gasteiger partial charge in [-0.3, -0.25) is 19.4 Å². The Labute approximate surface area is 385 Å². The van der Waals surface area contributed by atoms with Gasteiger partial charge < -0.3 is 19.3 Å². The van der Waals surface area contributed by atoms with Crippen LogP contribution in [0.5, 0.6) is 0 Å². The Kier molecular flexibility index (Phi) is 14.9. The van der Waals surface area contributed by atoms with Crippen molar-refractivity contribution in [1.29, 1.82) is 0 Å². The molecule has 4 heterocycles. The number of benzene rings is 4. The van der Waals surface area contributed by atoms with Crippen LogP contribution in [0.3, 0.4) is 0 Å². The number of rotatable bonds is 16. The highest BCUT2D eigenvalue weighted by atomic mass is 16.6. The summed E-state index contributed by atoms with van der Waals surface area (Å²) in [6, 6.07) is 42.5. The number of carbonyl (C=O) groups excluding carboxylic acids is 4. The van der Waals surface area contributed by atoms with E-state index in [4.69, 9.17) is 9.47 Å². The van der Waals surface area contributed by atoms with Gasteiger partial charge in [-0.1, -0.05) is 97.1 Å². The third kappa shape index (κ3) is 11.4. The minimum absolute atomic E-state index is 0.354. The fourth-order valence-electron chi connectivity index (χ4n) is 9.35. The van der Waals surface area contributed by atoms with Gasteiger partial charge in [0, 0.05) is 88.3 Å². The van der Waals surface area contributed by atoms with Crippen LogP contribution in [0.15, 0.2) is 158 Å². The second kappa shape index (κ2) is 21.7. The number of hydrogen-bond donors (Lipinski definition) is 0. The monoisotopic (exact) mass is 886 g/mol. The maximum absolute atomic E-state index is 14.5. The summed E-state index contributed by atoms with van der Waals surface area (Å²) in [6.45, 7) is 2.79. The molecule has 66 heavy (non-hydrogen) atoms. The molecule has 6 aromatic rings. The standard InChI is InChI=1S/C52H54N8O6/c61-47(59(43-19-9-3-10-20-43)51(35-45-53-27-13-28-54-45)23-31-57(32-24-51)37-41-15-5-1-6-16-41)39-65-49(63)50(64)66-40-48(62)60(44-21-11-4-12-22-44)52(36-46-55-29-14-30-56-46)25-33-58(34-26-52)38-42-17-7-2-8-18-42/h1-22,27-30H,23-26,31-40H2. The zero-order valence-electron chi connectivity index (χ0n) is 36.9. The van der Waals surface area contributed by atoms with Crippen molar-refractivity contribution >= 4 is 35.1 Å². The van der Waals surface area contributed by atoms with Gasteiger partial charge in [0.1, 0.15) is 11.6 Å². The highest BCUT2D eigenvalue weighted by molar-refractivity contribution is 6.30. The highest BCUT2D eigenvalue weighted by Gasteiger charge is 2.46. The van der Waals surface area contributed by atoms with Crippen LogP contribution in [0, 0.1) is 0 Å².